The lowest BCUT2D eigenvalue weighted by atomic mass is 9.88. The van der Waals surface area contributed by atoms with Crippen molar-refractivity contribution in [3.63, 3.8) is 0 Å². The third-order valence-electron chi connectivity index (χ3n) is 3.63. The van der Waals surface area contributed by atoms with E-state index in [9.17, 15) is 0 Å². The molecule has 0 bridgehead atoms. The summed E-state index contributed by atoms with van der Waals surface area (Å²) in [5.41, 5.74) is 1.42. The summed E-state index contributed by atoms with van der Waals surface area (Å²) in [6.07, 6.45) is 2.71. The minimum Gasteiger partial charge on any atom is -0.494 e. The van der Waals surface area contributed by atoms with E-state index in [0.29, 0.717) is 11.8 Å². The Balaban J connectivity index is 1.99. The van der Waals surface area contributed by atoms with Gasteiger partial charge in [0.05, 0.1) is 6.61 Å². The van der Waals surface area contributed by atoms with Crippen LogP contribution in [-0.2, 0) is 0 Å². The van der Waals surface area contributed by atoms with Gasteiger partial charge in [-0.15, -0.1) is 0 Å². The van der Waals surface area contributed by atoms with E-state index in [4.69, 9.17) is 4.74 Å². The topological polar surface area (TPSA) is 21.3 Å². The Labute approximate surface area is 111 Å². The van der Waals surface area contributed by atoms with E-state index in [1.165, 1.54) is 18.4 Å². The largest absolute Gasteiger partial charge is 0.494 e. The molecule has 0 amide bonds. The standard InChI is InChI=1S/C16H25NO/c1-4-18-15-9-5-13(6-10-15)16(12(2)3)11-17-14-7-8-14/h5-6,9-10,12,14,16-17H,4,7-8,11H2,1-3H3. The van der Waals surface area contributed by atoms with Gasteiger partial charge in [-0.05, 0) is 49.3 Å². The molecular formula is C16H25NO. The van der Waals surface area contributed by atoms with Gasteiger partial charge in [0.2, 0.25) is 0 Å². The fourth-order valence-electron chi connectivity index (χ4n) is 2.30. The number of hydrogen-bond acceptors (Lipinski definition) is 2. The SMILES string of the molecule is CCOc1ccc(C(CNC2CC2)C(C)C)cc1. The van der Waals surface area contributed by atoms with Crippen molar-refractivity contribution in [2.24, 2.45) is 5.92 Å². The van der Waals surface area contributed by atoms with Crippen LogP contribution in [0.15, 0.2) is 24.3 Å². The van der Waals surface area contributed by atoms with Gasteiger partial charge in [-0.25, -0.2) is 0 Å². The van der Waals surface area contributed by atoms with Crippen LogP contribution in [0.5, 0.6) is 5.75 Å². The molecule has 2 nitrogen and oxygen atoms in total. The third-order valence-corrected chi connectivity index (χ3v) is 3.63. The first-order chi connectivity index (χ1) is 8.70. The Morgan fingerprint density at radius 1 is 1.22 bits per heavy atom. The highest BCUT2D eigenvalue weighted by Crippen LogP contribution is 2.27. The molecule has 0 saturated heterocycles. The molecule has 1 aliphatic carbocycles. The molecule has 1 aromatic carbocycles. The first-order valence-corrected chi connectivity index (χ1v) is 7.16. The number of ether oxygens (including phenoxy) is 1. The second-order valence-corrected chi connectivity index (χ2v) is 5.54. The van der Waals surface area contributed by atoms with E-state index in [2.05, 4.69) is 43.4 Å². The van der Waals surface area contributed by atoms with Gasteiger partial charge in [0.15, 0.2) is 0 Å². The lowest BCUT2D eigenvalue weighted by molar-refractivity contribution is 0.340. The molecule has 1 unspecified atom stereocenters. The van der Waals surface area contributed by atoms with Gasteiger partial charge in [-0.3, -0.25) is 0 Å². The van der Waals surface area contributed by atoms with Gasteiger partial charge in [0, 0.05) is 12.6 Å². The summed E-state index contributed by atoms with van der Waals surface area (Å²) in [6, 6.07) is 9.39. The van der Waals surface area contributed by atoms with Crippen LogP contribution in [0.3, 0.4) is 0 Å². The van der Waals surface area contributed by atoms with E-state index in [1.54, 1.807) is 0 Å². The Morgan fingerprint density at radius 3 is 2.39 bits per heavy atom. The fraction of sp³-hybridized carbons (Fsp3) is 0.625. The van der Waals surface area contributed by atoms with Crippen LogP contribution in [0.4, 0.5) is 0 Å². The van der Waals surface area contributed by atoms with Crippen molar-refractivity contribution < 1.29 is 4.74 Å². The van der Waals surface area contributed by atoms with E-state index in [-0.39, 0.29) is 0 Å². The van der Waals surface area contributed by atoms with E-state index in [1.807, 2.05) is 6.92 Å². The van der Waals surface area contributed by atoms with Crippen LogP contribution in [0.25, 0.3) is 0 Å². The fourth-order valence-corrected chi connectivity index (χ4v) is 2.30. The minimum absolute atomic E-state index is 0.598. The Morgan fingerprint density at radius 2 is 1.89 bits per heavy atom. The van der Waals surface area contributed by atoms with Gasteiger partial charge in [0.1, 0.15) is 5.75 Å². The molecule has 1 atom stereocenters. The number of benzene rings is 1. The Bertz CT molecular complexity index is 354. The second-order valence-electron chi connectivity index (χ2n) is 5.54. The maximum atomic E-state index is 5.49. The number of rotatable bonds is 7. The summed E-state index contributed by atoms with van der Waals surface area (Å²) < 4.78 is 5.49. The minimum atomic E-state index is 0.598. The summed E-state index contributed by atoms with van der Waals surface area (Å²) in [7, 11) is 0. The molecule has 0 heterocycles. The molecule has 1 saturated carbocycles. The molecular weight excluding hydrogens is 222 g/mol. The normalized spacial score (nSPS) is 16.9. The van der Waals surface area contributed by atoms with Crippen molar-refractivity contribution in [2.45, 2.75) is 45.6 Å². The van der Waals surface area contributed by atoms with Gasteiger partial charge in [-0.2, -0.15) is 0 Å². The molecule has 1 N–H and O–H groups in total. The van der Waals surface area contributed by atoms with Crippen LogP contribution in [-0.4, -0.2) is 19.2 Å². The monoisotopic (exact) mass is 247 g/mol. The van der Waals surface area contributed by atoms with Crippen molar-refractivity contribution in [3.8, 4) is 5.75 Å². The molecule has 0 aromatic heterocycles. The predicted octanol–water partition coefficient (Wildman–Crippen LogP) is 3.58. The highest BCUT2D eigenvalue weighted by Gasteiger charge is 2.23. The van der Waals surface area contributed by atoms with Crippen LogP contribution < -0.4 is 10.1 Å². The molecule has 0 spiro atoms. The van der Waals surface area contributed by atoms with Gasteiger partial charge in [0.25, 0.3) is 0 Å². The van der Waals surface area contributed by atoms with Crippen LogP contribution >= 0.6 is 0 Å². The first kappa shape index (κ1) is 13.4. The van der Waals surface area contributed by atoms with Crippen LogP contribution in [0.1, 0.15) is 45.1 Å². The summed E-state index contributed by atoms with van der Waals surface area (Å²) in [4.78, 5) is 0. The summed E-state index contributed by atoms with van der Waals surface area (Å²) in [5.74, 6) is 2.23. The maximum absolute atomic E-state index is 5.49. The highest BCUT2D eigenvalue weighted by molar-refractivity contribution is 5.30. The van der Waals surface area contributed by atoms with Gasteiger partial charge in [-0.1, -0.05) is 26.0 Å². The van der Waals surface area contributed by atoms with Crippen molar-refractivity contribution in [2.75, 3.05) is 13.2 Å². The van der Waals surface area contributed by atoms with E-state index >= 15 is 0 Å². The molecule has 2 heteroatoms. The van der Waals surface area contributed by atoms with Crippen LogP contribution in [0.2, 0.25) is 0 Å². The van der Waals surface area contributed by atoms with Crippen molar-refractivity contribution in [3.05, 3.63) is 29.8 Å². The molecule has 1 aliphatic rings. The highest BCUT2D eigenvalue weighted by atomic mass is 16.5. The molecule has 1 fully saturated rings. The number of hydrogen-bond donors (Lipinski definition) is 1. The smallest absolute Gasteiger partial charge is 0.119 e. The molecule has 0 aliphatic heterocycles. The molecule has 2 rings (SSSR count). The van der Waals surface area contributed by atoms with Gasteiger partial charge < -0.3 is 10.1 Å². The zero-order valence-electron chi connectivity index (χ0n) is 11.8. The lowest BCUT2D eigenvalue weighted by Gasteiger charge is -2.22. The number of nitrogens with one attached hydrogen (secondary N) is 1. The van der Waals surface area contributed by atoms with Crippen molar-refractivity contribution >= 4 is 0 Å². The first-order valence-electron chi connectivity index (χ1n) is 7.16. The maximum Gasteiger partial charge on any atom is 0.119 e. The Kier molecular flexibility index (Phi) is 4.65. The van der Waals surface area contributed by atoms with E-state index < -0.39 is 0 Å². The second kappa shape index (κ2) is 6.24. The van der Waals surface area contributed by atoms with E-state index in [0.717, 1.165) is 24.9 Å². The Hall–Kier alpha value is -1.02. The molecule has 0 radical (unpaired) electrons. The summed E-state index contributed by atoms with van der Waals surface area (Å²) in [6.45, 7) is 8.45. The average molecular weight is 247 g/mol. The quantitative estimate of drug-likeness (QED) is 0.795. The predicted molar refractivity (Wildman–Crippen MR) is 76.2 cm³/mol. The third kappa shape index (κ3) is 3.74. The lowest BCUT2D eigenvalue weighted by Crippen LogP contribution is -2.26. The summed E-state index contributed by atoms with van der Waals surface area (Å²) in [5, 5.41) is 3.65. The molecule has 18 heavy (non-hydrogen) atoms. The zero-order chi connectivity index (χ0) is 13.0. The molecule has 100 valence electrons. The van der Waals surface area contributed by atoms with Crippen LogP contribution in [0, 0.1) is 5.92 Å². The molecule has 1 aromatic rings. The van der Waals surface area contributed by atoms with Gasteiger partial charge >= 0.3 is 0 Å². The summed E-state index contributed by atoms with van der Waals surface area (Å²) >= 11 is 0. The van der Waals surface area contributed by atoms with Crippen molar-refractivity contribution in [1.82, 2.24) is 5.32 Å². The van der Waals surface area contributed by atoms with Crippen molar-refractivity contribution in [1.29, 1.82) is 0 Å². The zero-order valence-corrected chi connectivity index (χ0v) is 11.8. The average Bonchev–Trinajstić information content (AvgIpc) is 3.15.